The number of aryl methyl sites for hydroxylation is 1. The van der Waals surface area contributed by atoms with Crippen molar-refractivity contribution in [2.24, 2.45) is 0 Å². The van der Waals surface area contributed by atoms with Crippen LogP contribution in [0.25, 0.3) is 0 Å². The first-order chi connectivity index (χ1) is 15.1. The maximum absolute atomic E-state index is 13.2. The predicted molar refractivity (Wildman–Crippen MR) is 121 cm³/mol. The smallest absolute Gasteiger partial charge is 0.413 e. The zero-order valence-electron chi connectivity index (χ0n) is 18.4. The van der Waals surface area contributed by atoms with Gasteiger partial charge in [-0.25, -0.2) is 9.78 Å². The van der Waals surface area contributed by atoms with Crippen molar-refractivity contribution in [3.8, 4) is 0 Å². The molecule has 170 valence electrons. The van der Waals surface area contributed by atoms with E-state index < -0.39 is 17.6 Å². The molecule has 0 bridgehead atoms. The summed E-state index contributed by atoms with van der Waals surface area (Å²) in [5.41, 5.74) is 0.860. The Morgan fingerprint density at radius 2 is 1.97 bits per heavy atom. The lowest BCUT2D eigenvalue weighted by Crippen LogP contribution is -2.39. The maximum atomic E-state index is 13.2. The molecule has 1 aliphatic rings. The molecule has 0 atom stereocenters. The molecule has 0 fully saturated rings. The summed E-state index contributed by atoms with van der Waals surface area (Å²) in [6.07, 6.45) is 0.572. The van der Waals surface area contributed by atoms with E-state index in [0.717, 1.165) is 5.69 Å². The van der Waals surface area contributed by atoms with E-state index in [4.69, 9.17) is 21.1 Å². The quantitative estimate of drug-likeness (QED) is 0.613. The Kier molecular flexibility index (Phi) is 6.73. The van der Waals surface area contributed by atoms with E-state index in [1.165, 1.54) is 11.2 Å². The number of carbonyl (C=O) groups is 2. The van der Waals surface area contributed by atoms with Crippen LogP contribution in [-0.2, 0) is 9.47 Å². The van der Waals surface area contributed by atoms with Crippen LogP contribution >= 0.6 is 11.6 Å². The summed E-state index contributed by atoms with van der Waals surface area (Å²) in [6.45, 7) is 6.99. The molecule has 1 aliphatic heterocycles. The molecule has 2 heterocycles. The number of aromatic nitrogens is 2. The fraction of sp³-hybridized carbons (Fsp3) is 0.333. The second-order valence-corrected chi connectivity index (χ2v) is 8.35. The van der Waals surface area contributed by atoms with Gasteiger partial charge in [0.25, 0.3) is 5.91 Å². The van der Waals surface area contributed by atoms with Gasteiger partial charge in [0, 0.05) is 24.5 Å². The highest BCUT2D eigenvalue weighted by molar-refractivity contribution is 6.34. The molecule has 11 heteroatoms. The van der Waals surface area contributed by atoms with Crippen molar-refractivity contribution in [1.29, 1.82) is 0 Å². The molecule has 32 heavy (non-hydrogen) atoms. The summed E-state index contributed by atoms with van der Waals surface area (Å²) in [5.74, 6) is 0.716. The molecule has 0 saturated carbocycles. The van der Waals surface area contributed by atoms with E-state index in [-0.39, 0.29) is 23.1 Å². The van der Waals surface area contributed by atoms with E-state index >= 15 is 0 Å². The van der Waals surface area contributed by atoms with Gasteiger partial charge in [-0.1, -0.05) is 11.6 Å². The summed E-state index contributed by atoms with van der Waals surface area (Å²) >= 11 is 6.30. The third-order valence-electron chi connectivity index (χ3n) is 4.13. The third kappa shape index (κ3) is 5.79. The average Bonchev–Trinajstić information content (AvgIpc) is 3.14. The third-order valence-corrected chi connectivity index (χ3v) is 4.46. The van der Waals surface area contributed by atoms with Crippen molar-refractivity contribution in [2.75, 3.05) is 24.4 Å². The van der Waals surface area contributed by atoms with E-state index in [1.807, 2.05) is 6.92 Å². The number of ether oxygens (including phenoxy) is 2. The first-order valence-electron chi connectivity index (χ1n) is 9.79. The average molecular weight is 461 g/mol. The van der Waals surface area contributed by atoms with E-state index in [1.54, 1.807) is 52.1 Å². The lowest BCUT2D eigenvalue weighted by atomic mass is 10.1. The number of benzene rings is 1. The number of anilines is 3. The Labute approximate surface area is 191 Å². The molecular formula is C21H25ClN6O4. The number of alkyl carbamates (subject to hydrolysis) is 1. The molecule has 0 radical (unpaired) electrons. The number of hydrogen-bond acceptors (Lipinski definition) is 8. The Balaban J connectivity index is 1.79. The lowest BCUT2D eigenvalue weighted by Gasteiger charge is -2.22. The Morgan fingerprint density at radius 1 is 1.22 bits per heavy atom. The SMILES string of the molecule is CNc1cc(C)nc(Nc2ccc(Cl)c(C(=O)N3COC=C3NC(=O)OC(C)(C)C)c2)n1. The highest BCUT2D eigenvalue weighted by atomic mass is 35.5. The normalized spacial score (nSPS) is 13.2. The summed E-state index contributed by atoms with van der Waals surface area (Å²) in [7, 11) is 1.76. The Bertz CT molecular complexity index is 1070. The van der Waals surface area contributed by atoms with Crippen molar-refractivity contribution >= 4 is 41.1 Å². The van der Waals surface area contributed by atoms with Crippen LogP contribution in [0.15, 0.2) is 36.3 Å². The topological polar surface area (TPSA) is 118 Å². The van der Waals surface area contributed by atoms with Crippen molar-refractivity contribution in [2.45, 2.75) is 33.3 Å². The van der Waals surface area contributed by atoms with E-state index in [0.29, 0.717) is 17.5 Å². The van der Waals surface area contributed by atoms with E-state index in [2.05, 4.69) is 25.9 Å². The molecule has 2 amide bonds. The fourth-order valence-corrected chi connectivity index (χ4v) is 2.99. The standard InChI is InChI=1S/C21H25ClN6O4/c1-12-8-16(23-5)26-19(24-12)25-13-6-7-15(22)14(9-13)18(29)28-11-31-10-17(28)27-20(30)32-21(2,3)4/h6-10H,11H2,1-5H3,(H,27,30)(H2,23,24,25,26). The molecule has 0 unspecified atom stereocenters. The minimum atomic E-state index is -0.703. The molecule has 2 aromatic rings. The summed E-state index contributed by atoms with van der Waals surface area (Å²) in [6, 6.07) is 6.69. The molecule has 3 N–H and O–H groups in total. The van der Waals surface area contributed by atoms with Gasteiger partial charge in [0.05, 0.1) is 10.6 Å². The molecule has 0 saturated heterocycles. The Hall–Kier alpha value is -3.53. The number of nitrogens with one attached hydrogen (secondary N) is 3. The number of amides is 2. The van der Waals surface area contributed by atoms with Crippen LogP contribution in [0.3, 0.4) is 0 Å². The summed E-state index contributed by atoms with van der Waals surface area (Å²) in [4.78, 5) is 35.2. The highest BCUT2D eigenvalue weighted by Crippen LogP contribution is 2.26. The molecule has 1 aromatic heterocycles. The zero-order valence-corrected chi connectivity index (χ0v) is 19.2. The summed E-state index contributed by atoms with van der Waals surface area (Å²) < 4.78 is 10.5. The van der Waals surface area contributed by atoms with Crippen LogP contribution < -0.4 is 16.0 Å². The second kappa shape index (κ2) is 9.31. The molecule has 10 nitrogen and oxygen atoms in total. The van der Waals surface area contributed by atoms with Crippen molar-refractivity contribution in [3.63, 3.8) is 0 Å². The number of halogens is 1. The monoisotopic (exact) mass is 460 g/mol. The fourth-order valence-electron chi connectivity index (χ4n) is 2.79. The van der Waals surface area contributed by atoms with Crippen LogP contribution in [0.4, 0.5) is 22.2 Å². The van der Waals surface area contributed by atoms with Gasteiger partial charge in [-0.05, 0) is 45.9 Å². The predicted octanol–water partition coefficient (Wildman–Crippen LogP) is 3.98. The van der Waals surface area contributed by atoms with E-state index in [9.17, 15) is 9.59 Å². The van der Waals surface area contributed by atoms with Crippen molar-refractivity contribution in [3.05, 3.63) is 52.6 Å². The van der Waals surface area contributed by atoms with Crippen LogP contribution in [0.1, 0.15) is 36.8 Å². The van der Waals surface area contributed by atoms with Crippen LogP contribution in [0, 0.1) is 6.92 Å². The maximum Gasteiger partial charge on any atom is 0.413 e. The van der Waals surface area contributed by atoms with Gasteiger partial charge in [0.1, 0.15) is 17.7 Å². The number of carbonyl (C=O) groups excluding carboxylic acids is 2. The van der Waals surface area contributed by atoms with Gasteiger partial charge >= 0.3 is 6.09 Å². The molecule has 3 rings (SSSR count). The van der Waals surface area contributed by atoms with Crippen LogP contribution in [0.2, 0.25) is 5.02 Å². The van der Waals surface area contributed by atoms with Gasteiger partial charge in [0.15, 0.2) is 12.6 Å². The lowest BCUT2D eigenvalue weighted by molar-refractivity contribution is 0.0517. The largest absolute Gasteiger partial charge is 0.476 e. The minimum Gasteiger partial charge on any atom is -0.476 e. The molecule has 0 aliphatic carbocycles. The van der Waals surface area contributed by atoms with Crippen LogP contribution in [0.5, 0.6) is 0 Å². The van der Waals surface area contributed by atoms with Gasteiger partial charge in [-0.15, -0.1) is 0 Å². The molecule has 0 spiro atoms. The first-order valence-corrected chi connectivity index (χ1v) is 10.2. The first kappa shape index (κ1) is 23.1. The highest BCUT2D eigenvalue weighted by Gasteiger charge is 2.29. The van der Waals surface area contributed by atoms with Gasteiger partial charge in [-0.2, -0.15) is 4.98 Å². The minimum absolute atomic E-state index is 0.0789. The van der Waals surface area contributed by atoms with Gasteiger partial charge in [0.2, 0.25) is 5.95 Å². The number of nitrogens with zero attached hydrogens (tertiary/aromatic N) is 3. The van der Waals surface area contributed by atoms with Gasteiger partial charge in [-0.3, -0.25) is 15.0 Å². The number of hydrogen-bond donors (Lipinski definition) is 3. The number of rotatable bonds is 5. The van der Waals surface area contributed by atoms with Crippen molar-refractivity contribution < 1.29 is 19.1 Å². The van der Waals surface area contributed by atoms with Crippen LogP contribution in [-0.4, -0.2) is 46.2 Å². The van der Waals surface area contributed by atoms with Gasteiger partial charge < -0.3 is 20.1 Å². The zero-order chi connectivity index (χ0) is 23.5. The Morgan fingerprint density at radius 3 is 2.66 bits per heavy atom. The molecular weight excluding hydrogens is 436 g/mol. The second-order valence-electron chi connectivity index (χ2n) is 7.95. The molecule has 1 aromatic carbocycles. The van der Waals surface area contributed by atoms with Crippen molar-refractivity contribution in [1.82, 2.24) is 20.2 Å². The summed E-state index contributed by atoms with van der Waals surface area (Å²) in [5, 5.41) is 8.81.